The van der Waals surface area contributed by atoms with Crippen molar-refractivity contribution in [2.45, 2.75) is 44.2 Å². The fourth-order valence-electron chi connectivity index (χ4n) is 3.56. The van der Waals surface area contributed by atoms with Crippen molar-refractivity contribution in [3.8, 4) is 0 Å². The molecular formula is C26H31N5O6. The number of oxazole rings is 1. The highest BCUT2D eigenvalue weighted by Gasteiger charge is 2.35. The quantitative estimate of drug-likeness (QED) is 0.207. The Labute approximate surface area is 214 Å². The normalized spacial score (nSPS) is 12.4. The number of carbonyl (C=O) groups is 3. The molecule has 1 atom stereocenters. The Morgan fingerprint density at radius 1 is 0.973 bits per heavy atom. The summed E-state index contributed by atoms with van der Waals surface area (Å²) in [4.78, 5) is 43.8. The fraction of sp³-hybridized carbons (Fsp3) is 0.346. The molecule has 5 N–H and O–H groups in total. The van der Waals surface area contributed by atoms with Crippen LogP contribution in [0.4, 0.5) is 4.79 Å². The third kappa shape index (κ3) is 9.04. The standard InChI is InChI=1S/C26H31N5O6/c32-22(11-5-7-15-28-25(34)35)30-18-26(36,13-12-19-8-2-1-3-9-19)24-31-21(17-37-24)23(33)29-16-20-10-4-6-14-27-20/h1-4,6,8-10,14,17,28,36H,5,7,11-13,15-16,18H2,(H,29,33)(H,30,32)(H,34,35). The first-order valence-electron chi connectivity index (χ1n) is 12.0. The van der Waals surface area contributed by atoms with Gasteiger partial charge in [-0.25, -0.2) is 9.78 Å². The van der Waals surface area contributed by atoms with E-state index in [1.165, 1.54) is 6.26 Å². The maximum absolute atomic E-state index is 12.6. The van der Waals surface area contributed by atoms with Gasteiger partial charge in [-0.15, -0.1) is 0 Å². The number of amides is 3. The number of nitrogens with one attached hydrogen (secondary N) is 3. The summed E-state index contributed by atoms with van der Waals surface area (Å²) in [7, 11) is 0. The van der Waals surface area contributed by atoms with Crippen LogP contribution in [-0.2, 0) is 23.4 Å². The Morgan fingerprint density at radius 2 is 1.76 bits per heavy atom. The second-order valence-electron chi connectivity index (χ2n) is 8.52. The molecule has 0 saturated heterocycles. The number of aliphatic hydroxyl groups is 1. The summed E-state index contributed by atoms with van der Waals surface area (Å²) in [6.07, 6.45) is 3.53. The molecule has 1 aromatic carbocycles. The van der Waals surface area contributed by atoms with Crippen molar-refractivity contribution in [1.29, 1.82) is 0 Å². The number of hydrogen-bond donors (Lipinski definition) is 5. The van der Waals surface area contributed by atoms with Crippen molar-refractivity contribution >= 4 is 17.9 Å². The van der Waals surface area contributed by atoms with Gasteiger partial charge in [-0.05, 0) is 43.4 Å². The van der Waals surface area contributed by atoms with E-state index in [0.29, 0.717) is 25.0 Å². The highest BCUT2D eigenvalue weighted by atomic mass is 16.4. The lowest BCUT2D eigenvalue weighted by molar-refractivity contribution is -0.123. The predicted octanol–water partition coefficient (Wildman–Crippen LogP) is 2.37. The molecule has 2 heterocycles. The van der Waals surface area contributed by atoms with Crippen LogP contribution in [0.25, 0.3) is 0 Å². The minimum absolute atomic E-state index is 0.00123. The Balaban J connectivity index is 1.62. The Kier molecular flexibility index (Phi) is 10.1. The average molecular weight is 510 g/mol. The van der Waals surface area contributed by atoms with E-state index in [1.54, 1.807) is 18.3 Å². The summed E-state index contributed by atoms with van der Waals surface area (Å²) in [6.45, 7) is 0.296. The molecule has 37 heavy (non-hydrogen) atoms. The number of unbranched alkanes of at least 4 members (excludes halogenated alkanes) is 1. The minimum Gasteiger partial charge on any atom is -0.465 e. The molecule has 0 saturated carbocycles. The Bertz CT molecular complexity index is 1150. The molecule has 0 aliphatic carbocycles. The number of nitrogens with zero attached hydrogens (tertiary/aromatic N) is 2. The lowest BCUT2D eigenvalue weighted by Crippen LogP contribution is -2.41. The van der Waals surface area contributed by atoms with Gasteiger partial charge in [-0.2, -0.15) is 0 Å². The van der Waals surface area contributed by atoms with Gasteiger partial charge in [0.2, 0.25) is 11.8 Å². The van der Waals surface area contributed by atoms with Crippen molar-refractivity contribution < 1.29 is 29.0 Å². The second-order valence-corrected chi connectivity index (χ2v) is 8.52. The third-order valence-corrected chi connectivity index (χ3v) is 5.65. The molecule has 0 fully saturated rings. The number of aromatic nitrogens is 2. The molecule has 196 valence electrons. The van der Waals surface area contributed by atoms with Gasteiger partial charge in [0.15, 0.2) is 11.3 Å². The van der Waals surface area contributed by atoms with Crippen LogP contribution in [0, 0.1) is 0 Å². The lowest BCUT2D eigenvalue weighted by atomic mass is 9.94. The maximum atomic E-state index is 12.6. The van der Waals surface area contributed by atoms with E-state index in [9.17, 15) is 19.5 Å². The van der Waals surface area contributed by atoms with Crippen molar-refractivity contribution in [1.82, 2.24) is 25.9 Å². The van der Waals surface area contributed by atoms with Crippen LogP contribution in [0.1, 0.15) is 53.3 Å². The summed E-state index contributed by atoms with van der Waals surface area (Å²) in [6, 6.07) is 14.9. The molecule has 0 aliphatic heterocycles. The summed E-state index contributed by atoms with van der Waals surface area (Å²) < 4.78 is 5.51. The highest BCUT2D eigenvalue weighted by Crippen LogP contribution is 2.26. The first-order valence-corrected chi connectivity index (χ1v) is 12.0. The number of rotatable bonds is 14. The first kappa shape index (κ1) is 27.3. The van der Waals surface area contributed by atoms with Crippen molar-refractivity contribution in [2.24, 2.45) is 0 Å². The topological polar surface area (TPSA) is 167 Å². The van der Waals surface area contributed by atoms with Crippen molar-refractivity contribution in [3.63, 3.8) is 0 Å². The molecule has 11 heteroatoms. The number of carboxylic acid groups (broad SMARTS) is 1. The SMILES string of the molecule is O=C(O)NCCCCC(=O)NCC(O)(CCc1ccccc1)c1nc(C(=O)NCc2ccccn2)co1. The van der Waals surface area contributed by atoms with E-state index < -0.39 is 17.6 Å². The maximum Gasteiger partial charge on any atom is 0.404 e. The van der Waals surface area contributed by atoms with Crippen LogP contribution in [0.15, 0.2) is 65.4 Å². The van der Waals surface area contributed by atoms with Gasteiger partial charge < -0.3 is 30.6 Å². The second kappa shape index (κ2) is 13.7. The van der Waals surface area contributed by atoms with Gasteiger partial charge >= 0.3 is 6.09 Å². The van der Waals surface area contributed by atoms with E-state index in [-0.39, 0.29) is 50.0 Å². The summed E-state index contributed by atoms with van der Waals surface area (Å²) in [5.41, 5.74) is 0.00960. The smallest absolute Gasteiger partial charge is 0.404 e. The highest BCUT2D eigenvalue weighted by molar-refractivity contribution is 5.91. The van der Waals surface area contributed by atoms with Gasteiger partial charge in [0.1, 0.15) is 6.26 Å². The van der Waals surface area contributed by atoms with E-state index in [2.05, 4.69) is 25.9 Å². The zero-order valence-electron chi connectivity index (χ0n) is 20.4. The zero-order chi connectivity index (χ0) is 26.5. The zero-order valence-corrected chi connectivity index (χ0v) is 20.4. The summed E-state index contributed by atoms with van der Waals surface area (Å²) in [5, 5.41) is 27.7. The molecule has 3 aromatic rings. The van der Waals surface area contributed by atoms with E-state index in [1.807, 2.05) is 36.4 Å². The van der Waals surface area contributed by atoms with Crippen LogP contribution in [0.2, 0.25) is 0 Å². The number of hydrogen-bond acceptors (Lipinski definition) is 7. The molecule has 0 bridgehead atoms. The molecule has 0 aliphatic rings. The summed E-state index contributed by atoms with van der Waals surface area (Å²) >= 11 is 0. The number of pyridine rings is 1. The fourth-order valence-corrected chi connectivity index (χ4v) is 3.56. The van der Waals surface area contributed by atoms with Crippen molar-refractivity contribution in [2.75, 3.05) is 13.1 Å². The molecule has 11 nitrogen and oxygen atoms in total. The van der Waals surface area contributed by atoms with Crippen LogP contribution in [0.5, 0.6) is 0 Å². The molecule has 1 unspecified atom stereocenters. The predicted molar refractivity (Wildman–Crippen MR) is 133 cm³/mol. The van der Waals surface area contributed by atoms with Gasteiger partial charge in [-0.1, -0.05) is 36.4 Å². The van der Waals surface area contributed by atoms with Gasteiger partial charge in [0, 0.05) is 19.2 Å². The van der Waals surface area contributed by atoms with Crippen LogP contribution < -0.4 is 16.0 Å². The minimum atomic E-state index is -1.66. The van der Waals surface area contributed by atoms with Gasteiger partial charge in [0.05, 0.1) is 18.8 Å². The van der Waals surface area contributed by atoms with E-state index in [4.69, 9.17) is 9.52 Å². The molecule has 3 amide bonds. The monoisotopic (exact) mass is 509 g/mol. The van der Waals surface area contributed by atoms with Gasteiger partial charge in [-0.3, -0.25) is 14.6 Å². The molecule has 2 aromatic heterocycles. The lowest BCUT2D eigenvalue weighted by Gasteiger charge is -2.25. The largest absolute Gasteiger partial charge is 0.465 e. The first-order chi connectivity index (χ1) is 17.9. The van der Waals surface area contributed by atoms with Gasteiger partial charge in [0.25, 0.3) is 5.91 Å². The van der Waals surface area contributed by atoms with Crippen LogP contribution in [-0.4, -0.2) is 51.2 Å². The number of benzene rings is 1. The van der Waals surface area contributed by atoms with Crippen LogP contribution >= 0.6 is 0 Å². The average Bonchev–Trinajstić information content (AvgIpc) is 3.42. The molecule has 3 rings (SSSR count). The number of carbonyl (C=O) groups excluding carboxylic acids is 2. The van der Waals surface area contributed by atoms with E-state index >= 15 is 0 Å². The van der Waals surface area contributed by atoms with E-state index in [0.717, 1.165) is 5.56 Å². The summed E-state index contributed by atoms with van der Waals surface area (Å²) in [5.74, 6) is -0.851. The van der Waals surface area contributed by atoms with Crippen molar-refractivity contribution in [3.05, 3.63) is 83.8 Å². The molecule has 0 spiro atoms. The molecular weight excluding hydrogens is 478 g/mol. The van der Waals surface area contributed by atoms with Crippen LogP contribution in [0.3, 0.4) is 0 Å². The number of aryl methyl sites for hydroxylation is 1. The Morgan fingerprint density at radius 3 is 2.49 bits per heavy atom. The Hall–Kier alpha value is -4.25. The third-order valence-electron chi connectivity index (χ3n) is 5.65. The molecule has 0 radical (unpaired) electrons.